The second-order valence-electron chi connectivity index (χ2n) is 4.53. The fraction of sp³-hybridized carbons (Fsp3) is 0.308. The highest BCUT2D eigenvalue weighted by molar-refractivity contribution is 7.10. The van der Waals surface area contributed by atoms with Crippen LogP contribution in [0.3, 0.4) is 0 Å². The van der Waals surface area contributed by atoms with Crippen LogP contribution in [0.1, 0.15) is 5.01 Å². The van der Waals surface area contributed by atoms with E-state index in [1.807, 2.05) is 11.4 Å². The van der Waals surface area contributed by atoms with Crippen molar-refractivity contribution in [1.82, 2.24) is 4.98 Å². The summed E-state index contributed by atoms with van der Waals surface area (Å²) in [4.78, 5) is 4.58. The molecule has 0 atom stereocenters. The molecule has 0 saturated carbocycles. The van der Waals surface area contributed by atoms with Gasteiger partial charge >= 0.3 is 0 Å². The molecule has 0 bridgehead atoms. The van der Waals surface area contributed by atoms with Crippen molar-refractivity contribution in [3.8, 4) is 11.3 Å². The average Bonchev–Trinajstić information content (AvgIpc) is 2.78. The molecule has 0 amide bonds. The van der Waals surface area contributed by atoms with Crippen molar-refractivity contribution in [3.05, 3.63) is 40.5 Å². The number of halogens is 1. The summed E-state index contributed by atoms with van der Waals surface area (Å²) < 4.78 is 18.4. The number of benzene rings is 1. The van der Waals surface area contributed by atoms with Gasteiger partial charge in [-0.05, 0) is 12.1 Å². The molecule has 1 fully saturated rings. The molecule has 2 aromatic rings. The summed E-state index contributed by atoms with van der Waals surface area (Å²) in [6, 6.07) is 6.46. The molecule has 94 valence electrons. The summed E-state index contributed by atoms with van der Waals surface area (Å²) >= 11 is 1.56. The van der Waals surface area contributed by atoms with E-state index in [9.17, 15) is 4.39 Å². The molecule has 1 saturated heterocycles. The summed E-state index contributed by atoms with van der Waals surface area (Å²) in [6.07, 6.45) is 0. The van der Waals surface area contributed by atoms with Crippen LogP contribution in [0.5, 0.6) is 0 Å². The highest BCUT2D eigenvalue weighted by Gasteiger charge is 2.41. The summed E-state index contributed by atoms with van der Waals surface area (Å²) in [7, 11) is 0. The topological polar surface area (TPSA) is 48.1 Å². The SMILES string of the molecule is NCC1(c2nc(-c3cccc(F)c3)cs2)COC1. The van der Waals surface area contributed by atoms with Crippen molar-refractivity contribution in [2.45, 2.75) is 5.41 Å². The molecule has 18 heavy (non-hydrogen) atoms. The van der Waals surface area contributed by atoms with Gasteiger partial charge < -0.3 is 10.5 Å². The Labute approximate surface area is 108 Å². The van der Waals surface area contributed by atoms with Crippen LogP contribution in [0.2, 0.25) is 0 Å². The van der Waals surface area contributed by atoms with Gasteiger partial charge in [0.1, 0.15) is 10.8 Å². The standard InChI is InChI=1S/C13H13FN2OS/c14-10-3-1-2-9(4-10)11-5-18-12(16-11)13(6-15)7-17-8-13/h1-5H,6-8,15H2. The Morgan fingerprint density at radius 1 is 1.44 bits per heavy atom. The van der Waals surface area contributed by atoms with Gasteiger partial charge in [0.25, 0.3) is 0 Å². The molecule has 0 unspecified atom stereocenters. The third-order valence-electron chi connectivity index (χ3n) is 3.23. The Bertz CT molecular complexity index is 560. The van der Waals surface area contributed by atoms with E-state index in [0.29, 0.717) is 19.8 Å². The molecule has 1 aliphatic heterocycles. The van der Waals surface area contributed by atoms with Gasteiger partial charge in [-0.2, -0.15) is 0 Å². The van der Waals surface area contributed by atoms with Crippen LogP contribution >= 0.6 is 11.3 Å². The van der Waals surface area contributed by atoms with Gasteiger partial charge in [-0.25, -0.2) is 9.37 Å². The average molecular weight is 264 g/mol. The number of hydrogen-bond acceptors (Lipinski definition) is 4. The van der Waals surface area contributed by atoms with E-state index in [1.165, 1.54) is 12.1 Å². The number of rotatable bonds is 3. The van der Waals surface area contributed by atoms with E-state index in [0.717, 1.165) is 16.3 Å². The van der Waals surface area contributed by atoms with Crippen molar-refractivity contribution < 1.29 is 9.13 Å². The second kappa shape index (κ2) is 4.42. The maximum absolute atomic E-state index is 13.2. The molecule has 5 heteroatoms. The van der Waals surface area contributed by atoms with E-state index in [2.05, 4.69) is 4.98 Å². The van der Waals surface area contributed by atoms with Crippen molar-refractivity contribution >= 4 is 11.3 Å². The van der Waals surface area contributed by atoms with Crippen LogP contribution in [-0.4, -0.2) is 24.7 Å². The number of nitrogens with two attached hydrogens (primary N) is 1. The van der Waals surface area contributed by atoms with Gasteiger partial charge in [-0.3, -0.25) is 0 Å². The molecule has 2 N–H and O–H groups in total. The van der Waals surface area contributed by atoms with Gasteiger partial charge in [-0.1, -0.05) is 12.1 Å². The van der Waals surface area contributed by atoms with Gasteiger partial charge in [0.2, 0.25) is 0 Å². The second-order valence-corrected chi connectivity index (χ2v) is 5.38. The molecule has 3 rings (SSSR count). The van der Waals surface area contributed by atoms with Gasteiger partial charge in [-0.15, -0.1) is 11.3 Å². The Kier molecular flexibility index (Phi) is 2.89. The number of aromatic nitrogens is 1. The van der Waals surface area contributed by atoms with E-state index >= 15 is 0 Å². The Morgan fingerprint density at radius 2 is 2.28 bits per heavy atom. The fourth-order valence-corrected chi connectivity index (χ4v) is 2.99. The Balaban J connectivity index is 1.94. The largest absolute Gasteiger partial charge is 0.379 e. The first-order valence-corrected chi connectivity index (χ1v) is 6.61. The zero-order valence-corrected chi connectivity index (χ0v) is 10.5. The molecular formula is C13H13FN2OS. The van der Waals surface area contributed by atoms with Crippen molar-refractivity contribution in [2.75, 3.05) is 19.8 Å². The lowest BCUT2D eigenvalue weighted by atomic mass is 9.87. The van der Waals surface area contributed by atoms with Gasteiger partial charge in [0.05, 0.1) is 24.3 Å². The third kappa shape index (κ3) is 1.84. The van der Waals surface area contributed by atoms with Crippen LogP contribution in [0, 0.1) is 5.82 Å². The molecule has 0 spiro atoms. The molecule has 1 aliphatic rings. The summed E-state index contributed by atoms with van der Waals surface area (Å²) in [5.41, 5.74) is 7.27. The van der Waals surface area contributed by atoms with Crippen LogP contribution in [-0.2, 0) is 10.2 Å². The van der Waals surface area contributed by atoms with E-state index < -0.39 is 0 Å². The van der Waals surface area contributed by atoms with Gasteiger partial charge in [0.15, 0.2) is 0 Å². The predicted octanol–water partition coefficient (Wildman–Crippen LogP) is 2.18. The summed E-state index contributed by atoms with van der Waals surface area (Å²) in [5.74, 6) is -0.248. The molecule has 0 aliphatic carbocycles. The minimum atomic E-state index is -0.248. The Hall–Kier alpha value is -1.30. The molecule has 1 aromatic carbocycles. The highest BCUT2D eigenvalue weighted by atomic mass is 32.1. The number of ether oxygens (including phenoxy) is 1. The zero-order chi connectivity index (χ0) is 12.6. The minimum absolute atomic E-state index is 0.129. The smallest absolute Gasteiger partial charge is 0.123 e. The monoisotopic (exact) mass is 264 g/mol. The summed E-state index contributed by atoms with van der Waals surface area (Å²) in [6.45, 7) is 1.78. The van der Waals surface area contributed by atoms with Crippen LogP contribution in [0.4, 0.5) is 4.39 Å². The molecule has 3 nitrogen and oxygen atoms in total. The molecular weight excluding hydrogens is 251 g/mol. The Morgan fingerprint density at radius 3 is 2.89 bits per heavy atom. The lowest BCUT2D eigenvalue weighted by Gasteiger charge is -2.38. The first kappa shape index (κ1) is 11.8. The maximum Gasteiger partial charge on any atom is 0.123 e. The number of nitrogens with zero attached hydrogens (tertiary/aromatic N) is 1. The van der Waals surface area contributed by atoms with Crippen LogP contribution in [0.25, 0.3) is 11.3 Å². The highest BCUT2D eigenvalue weighted by Crippen LogP contribution is 2.35. The zero-order valence-electron chi connectivity index (χ0n) is 9.73. The number of hydrogen-bond donors (Lipinski definition) is 1. The van der Waals surface area contributed by atoms with E-state index in [-0.39, 0.29) is 11.2 Å². The van der Waals surface area contributed by atoms with Gasteiger partial charge in [0, 0.05) is 17.5 Å². The maximum atomic E-state index is 13.2. The van der Waals surface area contributed by atoms with Crippen LogP contribution in [0.15, 0.2) is 29.6 Å². The molecule has 0 radical (unpaired) electrons. The predicted molar refractivity (Wildman–Crippen MR) is 69.1 cm³/mol. The van der Waals surface area contributed by atoms with Crippen LogP contribution < -0.4 is 5.73 Å². The quantitative estimate of drug-likeness (QED) is 0.924. The van der Waals surface area contributed by atoms with Crippen molar-refractivity contribution in [3.63, 3.8) is 0 Å². The fourth-order valence-electron chi connectivity index (χ4n) is 1.97. The van der Waals surface area contributed by atoms with E-state index in [4.69, 9.17) is 10.5 Å². The lowest BCUT2D eigenvalue weighted by Crippen LogP contribution is -2.52. The normalized spacial score (nSPS) is 17.4. The number of thiazole rings is 1. The first-order chi connectivity index (χ1) is 8.73. The van der Waals surface area contributed by atoms with E-state index in [1.54, 1.807) is 17.4 Å². The summed E-state index contributed by atoms with van der Waals surface area (Å²) in [5, 5.41) is 2.93. The minimum Gasteiger partial charge on any atom is -0.379 e. The van der Waals surface area contributed by atoms with Crippen molar-refractivity contribution in [2.24, 2.45) is 5.73 Å². The first-order valence-electron chi connectivity index (χ1n) is 5.73. The lowest BCUT2D eigenvalue weighted by molar-refractivity contribution is -0.0550. The molecule has 1 aromatic heterocycles. The van der Waals surface area contributed by atoms with Crippen molar-refractivity contribution in [1.29, 1.82) is 0 Å². The third-order valence-corrected chi connectivity index (χ3v) is 4.31. The molecule has 2 heterocycles.